The number of hydrogen-bond acceptors (Lipinski definition) is 2. The average molecular weight is 423 g/mol. The minimum absolute atomic E-state index is 0.0394. The summed E-state index contributed by atoms with van der Waals surface area (Å²) in [7, 11) is 0. The second-order valence-electron chi connectivity index (χ2n) is 8.29. The van der Waals surface area contributed by atoms with Gasteiger partial charge >= 0.3 is 0 Å². The number of fused-ring (bicyclic) bond motifs is 2. The molecule has 0 atom stereocenters. The summed E-state index contributed by atoms with van der Waals surface area (Å²) >= 11 is 0. The molecule has 160 valence electrons. The number of rotatable bonds is 6. The highest BCUT2D eigenvalue weighted by Gasteiger charge is 2.19. The lowest BCUT2D eigenvalue weighted by Crippen LogP contribution is -2.24. The minimum Gasteiger partial charge on any atom is -0.352 e. The van der Waals surface area contributed by atoms with Crippen molar-refractivity contribution in [3.8, 4) is 0 Å². The topological polar surface area (TPSA) is 58.2 Å². The molecule has 0 heterocycles. The Morgan fingerprint density at radius 1 is 0.562 bits per heavy atom. The molecule has 0 aromatic heterocycles. The second-order valence-corrected chi connectivity index (χ2v) is 8.29. The van der Waals surface area contributed by atoms with E-state index in [0.717, 1.165) is 55.9 Å². The van der Waals surface area contributed by atoms with Crippen molar-refractivity contribution < 1.29 is 9.59 Å². The van der Waals surface area contributed by atoms with Gasteiger partial charge in [-0.15, -0.1) is 0 Å². The molecule has 0 fully saturated rings. The summed E-state index contributed by atoms with van der Waals surface area (Å²) < 4.78 is 0. The van der Waals surface area contributed by atoms with E-state index in [2.05, 4.69) is 22.8 Å². The van der Waals surface area contributed by atoms with Crippen LogP contribution in [0, 0.1) is 0 Å². The van der Waals surface area contributed by atoms with Crippen LogP contribution in [0.1, 0.15) is 47.4 Å². The Balaban J connectivity index is 1.83. The van der Waals surface area contributed by atoms with Crippen LogP contribution >= 0.6 is 0 Å². The van der Waals surface area contributed by atoms with Gasteiger partial charge in [-0.3, -0.25) is 9.59 Å². The quantitative estimate of drug-likeness (QED) is 0.260. The Morgan fingerprint density at radius 3 is 1.34 bits per heavy atom. The zero-order valence-corrected chi connectivity index (χ0v) is 18.4. The standard InChI is InChI=1S/C28H26N2O2/c1-3-15-29-27(31)23-13-11-21-18-8-6-10-20-24(28(32)30-16-4-2)14-12-22(26(18)20)17-7-5-9-19(23)25(17)21/h5-14H,3-4,15-16H2,1-2H3,(H,29,31)(H,30,32). The van der Waals surface area contributed by atoms with Gasteiger partial charge in [0.1, 0.15) is 0 Å². The third kappa shape index (κ3) is 3.06. The van der Waals surface area contributed by atoms with Crippen molar-refractivity contribution in [2.45, 2.75) is 26.7 Å². The van der Waals surface area contributed by atoms with Crippen LogP contribution in [-0.2, 0) is 0 Å². The number of amides is 2. The molecule has 2 amide bonds. The van der Waals surface area contributed by atoms with Gasteiger partial charge in [0.05, 0.1) is 0 Å². The van der Waals surface area contributed by atoms with Crippen molar-refractivity contribution in [2.24, 2.45) is 0 Å². The molecule has 0 saturated carbocycles. The number of hydrogen-bond donors (Lipinski definition) is 2. The van der Waals surface area contributed by atoms with E-state index in [9.17, 15) is 9.59 Å². The first-order chi connectivity index (χ1) is 15.7. The molecule has 2 N–H and O–H groups in total. The zero-order valence-electron chi connectivity index (χ0n) is 18.4. The molecular formula is C28H26N2O2. The van der Waals surface area contributed by atoms with E-state index < -0.39 is 0 Å². The number of carbonyl (C=O) groups is 2. The van der Waals surface area contributed by atoms with Gasteiger partial charge in [-0.05, 0) is 68.1 Å². The van der Waals surface area contributed by atoms with E-state index in [4.69, 9.17) is 0 Å². The third-order valence-corrected chi connectivity index (χ3v) is 6.22. The Kier molecular flexibility index (Phi) is 5.14. The molecule has 32 heavy (non-hydrogen) atoms. The Labute approximate surface area is 186 Å². The predicted molar refractivity (Wildman–Crippen MR) is 133 cm³/mol. The molecule has 5 rings (SSSR count). The predicted octanol–water partition coefficient (Wildman–Crippen LogP) is 6.02. The van der Waals surface area contributed by atoms with Crippen molar-refractivity contribution in [3.63, 3.8) is 0 Å². The lowest BCUT2D eigenvalue weighted by atomic mass is 9.87. The highest BCUT2D eigenvalue weighted by Crippen LogP contribution is 2.41. The zero-order chi connectivity index (χ0) is 22.2. The van der Waals surface area contributed by atoms with Crippen LogP contribution in [0.4, 0.5) is 0 Å². The van der Waals surface area contributed by atoms with Gasteiger partial charge in [0, 0.05) is 24.2 Å². The van der Waals surface area contributed by atoms with Crippen LogP contribution in [0.5, 0.6) is 0 Å². The highest BCUT2D eigenvalue weighted by molar-refractivity contribution is 6.35. The molecule has 0 bridgehead atoms. The van der Waals surface area contributed by atoms with Crippen LogP contribution in [0.3, 0.4) is 0 Å². The first kappa shape index (κ1) is 20.3. The molecule has 0 aliphatic carbocycles. The van der Waals surface area contributed by atoms with Crippen LogP contribution in [0.25, 0.3) is 43.1 Å². The van der Waals surface area contributed by atoms with Crippen LogP contribution < -0.4 is 10.6 Å². The van der Waals surface area contributed by atoms with Crippen LogP contribution in [0.15, 0.2) is 60.7 Å². The molecule has 0 aliphatic heterocycles. The Morgan fingerprint density at radius 2 is 0.938 bits per heavy atom. The number of carbonyl (C=O) groups excluding carboxylic acids is 2. The normalized spacial score (nSPS) is 11.6. The fourth-order valence-electron chi connectivity index (χ4n) is 4.77. The molecule has 0 aliphatic rings. The van der Waals surface area contributed by atoms with E-state index >= 15 is 0 Å². The maximum atomic E-state index is 12.8. The van der Waals surface area contributed by atoms with Gasteiger partial charge in [-0.25, -0.2) is 0 Å². The summed E-state index contributed by atoms with van der Waals surface area (Å²) in [6.45, 7) is 5.41. The first-order valence-corrected chi connectivity index (χ1v) is 11.3. The fourth-order valence-corrected chi connectivity index (χ4v) is 4.77. The maximum Gasteiger partial charge on any atom is 0.251 e. The largest absolute Gasteiger partial charge is 0.352 e. The molecule has 5 aromatic carbocycles. The molecular weight excluding hydrogens is 396 g/mol. The minimum atomic E-state index is -0.0394. The van der Waals surface area contributed by atoms with Gasteiger partial charge in [0.2, 0.25) is 0 Å². The molecule has 0 saturated heterocycles. The summed E-state index contributed by atoms with van der Waals surface area (Å²) in [5.41, 5.74) is 1.40. The van der Waals surface area contributed by atoms with Crippen LogP contribution in [-0.4, -0.2) is 24.9 Å². The second kappa shape index (κ2) is 8.12. The van der Waals surface area contributed by atoms with Crippen molar-refractivity contribution >= 4 is 54.9 Å². The third-order valence-electron chi connectivity index (χ3n) is 6.22. The van der Waals surface area contributed by atoms with Crippen molar-refractivity contribution in [2.75, 3.05) is 13.1 Å². The SMILES string of the molecule is CCCNC(=O)c1ccc2c3cccc4c(C(=O)NCCC)ccc(c5cccc1c52)c43. The van der Waals surface area contributed by atoms with Gasteiger partial charge < -0.3 is 10.6 Å². The fraction of sp³-hybridized carbons (Fsp3) is 0.214. The highest BCUT2D eigenvalue weighted by atomic mass is 16.2. The van der Waals surface area contributed by atoms with Gasteiger partial charge in [0.15, 0.2) is 0 Å². The van der Waals surface area contributed by atoms with Crippen molar-refractivity contribution in [1.29, 1.82) is 0 Å². The summed E-state index contributed by atoms with van der Waals surface area (Å²) in [4.78, 5) is 25.7. The van der Waals surface area contributed by atoms with Gasteiger partial charge in [-0.1, -0.05) is 62.4 Å². The first-order valence-electron chi connectivity index (χ1n) is 11.3. The maximum absolute atomic E-state index is 12.8. The lowest BCUT2D eigenvalue weighted by Gasteiger charge is -2.17. The molecule has 0 unspecified atom stereocenters. The van der Waals surface area contributed by atoms with Gasteiger partial charge in [0.25, 0.3) is 11.8 Å². The van der Waals surface area contributed by atoms with E-state index in [1.165, 1.54) is 0 Å². The number of benzene rings is 5. The smallest absolute Gasteiger partial charge is 0.251 e. The average Bonchev–Trinajstić information content (AvgIpc) is 2.83. The molecule has 4 heteroatoms. The molecule has 0 radical (unpaired) electrons. The summed E-state index contributed by atoms with van der Waals surface area (Å²) in [5, 5.41) is 14.5. The van der Waals surface area contributed by atoms with Crippen molar-refractivity contribution in [1.82, 2.24) is 10.6 Å². The Bertz CT molecular complexity index is 1350. The summed E-state index contributed by atoms with van der Waals surface area (Å²) in [6, 6.07) is 20.3. The van der Waals surface area contributed by atoms with Crippen molar-refractivity contribution in [3.05, 3.63) is 71.8 Å². The lowest BCUT2D eigenvalue weighted by molar-refractivity contribution is 0.0947. The van der Waals surface area contributed by atoms with Gasteiger partial charge in [-0.2, -0.15) is 0 Å². The van der Waals surface area contributed by atoms with E-state index in [0.29, 0.717) is 24.2 Å². The molecule has 4 nitrogen and oxygen atoms in total. The number of nitrogens with one attached hydrogen (secondary N) is 2. The van der Waals surface area contributed by atoms with Crippen LogP contribution in [0.2, 0.25) is 0 Å². The molecule has 0 spiro atoms. The Hall–Kier alpha value is -3.66. The monoisotopic (exact) mass is 422 g/mol. The van der Waals surface area contributed by atoms with E-state index in [-0.39, 0.29) is 11.8 Å². The summed E-state index contributed by atoms with van der Waals surface area (Å²) in [6.07, 6.45) is 1.80. The van der Waals surface area contributed by atoms with E-state index in [1.807, 2.05) is 62.4 Å². The summed E-state index contributed by atoms with van der Waals surface area (Å²) in [5.74, 6) is -0.0787. The van der Waals surface area contributed by atoms with E-state index in [1.54, 1.807) is 0 Å². The molecule has 5 aromatic rings.